The lowest BCUT2D eigenvalue weighted by Gasteiger charge is -2.17. The Balaban J connectivity index is 1.91. The summed E-state index contributed by atoms with van der Waals surface area (Å²) in [6.45, 7) is 5.78. The van der Waals surface area contributed by atoms with E-state index in [-0.39, 0.29) is 17.4 Å². The summed E-state index contributed by atoms with van der Waals surface area (Å²) in [4.78, 5) is 8.43. The predicted octanol–water partition coefficient (Wildman–Crippen LogP) is 5.25. The molecular weight excluding hydrogens is 367 g/mol. The third-order valence-electron chi connectivity index (χ3n) is 4.01. The van der Waals surface area contributed by atoms with E-state index in [4.69, 9.17) is 11.6 Å². The second-order valence-corrected chi connectivity index (χ2v) is 6.59. The molecule has 0 aliphatic rings. The number of anilines is 1. The zero-order chi connectivity index (χ0) is 19.1. The SMILES string of the molecule is CC(Nc1nc(Cl)nc2c1cnn2C(C)C)c1ccc(C(F)(F)F)cc1. The van der Waals surface area contributed by atoms with Gasteiger partial charge in [0.15, 0.2) is 5.65 Å². The van der Waals surface area contributed by atoms with Crippen LogP contribution in [0.3, 0.4) is 0 Å². The lowest BCUT2D eigenvalue weighted by Crippen LogP contribution is -2.11. The smallest absolute Gasteiger partial charge is 0.363 e. The molecule has 0 saturated heterocycles. The fourth-order valence-electron chi connectivity index (χ4n) is 2.64. The van der Waals surface area contributed by atoms with E-state index in [2.05, 4.69) is 20.4 Å². The van der Waals surface area contributed by atoms with Crippen molar-refractivity contribution < 1.29 is 13.2 Å². The second kappa shape index (κ2) is 6.75. The van der Waals surface area contributed by atoms with Crippen molar-refractivity contribution >= 4 is 28.5 Å². The van der Waals surface area contributed by atoms with Crippen molar-refractivity contribution in [2.75, 3.05) is 5.32 Å². The van der Waals surface area contributed by atoms with Crippen molar-refractivity contribution in [1.82, 2.24) is 19.7 Å². The van der Waals surface area contributed by atoms with Crippen molar-refractivity contribution in [2.24, 2.45) is 0 Å². The molecule has 0 saturated carbocycles. The number of nitrogens with one attached hydrogen (secondary N) is 1. The first-order valence-corrected chi connectivity index (χ1v) is 8.39. The molecule has 0 bridgehead atoms. The average Bonchev–Trinajstić information content (AvgIpc) is 2.98. The van der Waals surface area contributed by atoms with Gasteiger partial charge in [-0.15, -0.1) is 0 Å². The number of hydrogen-bond donors (Lipinski definition) is 1. The number of rotatable bonds is 4. The molecule has 2 heterocycles. The largest absolute Gasteiger partial charge is 0.416 e. The van der Waals surface area contributed by atoms with Gasteiger partial charge in [-0.1, -0.05) is 12.1 Å². The van der Waals surface area contributed by atoms with Crippen LogP contribution in [0, 0.1) is 0 Å². The zero-order valence-corrected chi connectivity index (χ0v) is 15.1. The van der Waals surface area contributed by atoms with Crippen LogP contribution in [-0.2, 0) is 6.18 Å². The van der Waals surface area contributed by atoms with Crippen LogP contribution in [0.5, 0.6) is 0 Å². The number of hydrogen-bond acceptors (Lipinski definition) is 4. The van der Waals surface area contributed by atoms with Crippen molar-refractivity contribution in [2.45, 2.75) is 39.0 Å². The summed E-state index contributed by atoms with van der Waals surface area (Å²) in [5.74, 6) is 0.485. The van der Waals surface area contributed by atoms with Crippen LogP contribution in [-0.4, -0.2) is 19.7 Å². The van der Waals surface area contributed by atoms with E-state index < -0.39 is 11.7 Å². The van der Waals surface area contributed by atoms with E-state index in [0.29, 0.717) is 22.4 Å². The molecule has 0 radical (unpaired) electrons. The lowest BCUT2D eigenvalue weighted by atomic mass is 10.1. The van der Waals surface area contributed by atoms with Gasteiger partial charge >= 0.3 is 6.18 Å². The van der Waals surface area contributed by atoms with E-state index >= 15 is 0 Å². The highest BCUT2D eigenvalue weighted by Crippen LogP contribution is 2.31. The van der Waals surface area contributed by atoms with Crippen LogP contribution in [0.2, 0.25) is 5.28 Å². The molecule has 2 aromatic heterocycles. The molecule has 3 rings (SSSR count). The molecule has 0 fully saturated rings. The van der Waals surface area contributed by atoms with Crippen LogP contribution in [0.15, 0.2) is 30.5 Å². The van der Waals surface area contributed by atoms with Gasteiger partial charge in [0.1, 0.15) is 5.82 Å². The number of benzene rings is 1. The highest BCUT2D eigenvalue weighted by atomic mass is 35.5. The van der Waals surface area contributed by atoms with Gasteiger partial charge in [-0.3, -0.25) is 0 Å². The first kappa shape index (κ1) is 18.4. The van der Waals surface area contributed by atoms with Crippen LogP contribution in [0.4, 0.5) is 19.0 Å². The van der Waals surface area contributed by atoms with Crippen molar-refractivity contribution in [3.8, 4) is 0 Å². The van der Waals surface area contributed by atoms with Gasteiger partial charge in [-0.25, -0.2) is 4.68 Å². The minimum atomic E-state index is -4.35. The third kappa shape index (κ3) is 3.60. The molecule has 1 atom stereocenters. The van der Waals surface area contributed by atoms with Gasteiger partial charge in [-0.05, 0) is 50.1 Å². The Morgan fingerprint density at radius 1 is 1.08 bits per heavy atom. The van der Waals surface area contributed by atoms with E-state index in [9.17, 15) is 13.2 Å². The Labute approximate surface area is 153 Å². The quantitative estimate of drug-likeness (QED) is 0.625. The molecule has 0 aliphatic heterocycles. The lowest BCUT2D eigenvalue weighted by molar-refractivity contribution is -0.137. The Hall–Kier alpha value is -2.35. The van der Waals surface area contributed by atoms with E-state index in [1.165, 1.54) is 12.1 Å². The van der Waals surface area contributed by atoms with Gasteiger partial charge in [-0.2, -0.15) is 28.2 Å². The summed E-state index contributed by atoms with van der Waals surface area (Å²) < 4.78 is 39.8. The van der Waals surface area contributed by atoms with E-state index in [0.717, 1.165) is 12.1 Å². The molecular formula is C17H17ClF3N5. The monoisotopic (exact) mass is 383 g/mol. The van der Waals surface area contributed by atoms with Crippen LogP contribution in [0.1, 0.15) is 44.0 Å². The first-order valence-electron chi connectivity index (χ1n) is 8.01. The summed E-state index contributed by atoms with van der Waals surface area (Å²) >= 11 is 6.03. The normalized spacial score (nSPS) is 13.4. The summed E-state index contributed by atoms with van der Waals surface area (Å²) in [5, 5.41) is 8.26. The van der Waals surface area contributed by atoms with Crippen molar-refractivity contribution in [3.05, 3.63) is 46.9 Å². The summed E-state index contributed by atoms with van der Waals surface area (Å²) in [5.41, 5.74) is 0.610. The van der Waals surface area contributed by atoms with Gasteiger partial charge in [0.25, 0.3) is 0 Å². The molecule has 0 aliphatic carbocycles. The summed E-state index contributed by atoms with van der Waals surface area (Å²) in [7, 11) is 0. The standard InChI is InChI=1S/C17H17ClF3N5/c1-9(2)26-15-13(8-22-26)14(24-16(18)25-15)23-10(3)11-4-6-12(7-5-11)17(19,20)21/h4-10H,1-3H3,(H,23,24,25). The molecule has 0 spiro atoms. The minimum absolute atomic E-state index is 0.0713. The second-order valence-electron chi connectivity index (χ2n) is 6.25. The molecule has 9 heteroatoms. The number of nitrogens with zero attached hydrogens (tertiary/aromatic N) is 4. The van der Waals surface area contributed by atoms with Crippen molar-refractivity contribution in [1.29, 1.82) is 0 Å². The maximum Gasteiger partial charge on any atom is 0.416 e. The first-order chi connectivity index (χ1) is 12.2. The summed E-state index contributed by atoms with van der Waals surface area (Å²) in [6, 6.07) is 4.82. The van der Waals surface area contributed by atoms with E-state index in [1.807, 2.05) is 20.8 Å². The Kier molecular flexibility index (Phi) is 4.79. The van der Waals surface area contributed by atoms with Gasteiger partial charge in [0.2, 0.25) is 5.28 Å². The molecule has 3 aromatic rings. The topological polar surface area (TPSA) is 55.6 Å². The maximum atomic E-state index is 12.7. The van der Waals surface area contributed by atoms with Crippen LogP contribution < -0.4 is 5.32 Å². The molecule has 1 unspecified atom stereocenters. The molecule has 5 nitrogen and oxygen atoms in total. The Bertz CT molecular complexity index is 919. The fourth-order valence-corrected chi connectivity index (χ4v) is 2.80. The molecule has 1 N–H and O–H groups in total. The number of fused-ring (bicyclic) bond motifs is 1. The minimum Gasteiger partial charge on any atom is -0.363 e. The van der Waals surface area contributed by atoms with Gasteiger partial charge in [0.05, 0.1) is 17.1 Å². The summed E-state index contributed by atoms with van der Waals surface area (Å²) in [6.07, 6.45) is -2.71. The van der Waals surface area contributed by atoms with Gasteiger partial charge < -0.3 is 5.32 Å². The number of aromatic nitrogens is 4. The molecule has 0 amide bonds. The fraction of sp³-hybridized carbons (Fsp3) is 0.353. The van der Waals surface area contributed by atoms with Crippen molar-refractivity contribution in [3.63, 3.8) is 0 Å². The molecule has 138 valence electrons. The van der Waals surface area contributed by atoms with Crippen LogP contribution in [0.25, 0.3) is 11.0 Å². The van der Waals surface area contributed by atoms with E-state index in [1.54, 1.807) is 10.9 Å². The van der Waals surface area contributed by atoms with Crippen LogP contribution >= 0.6 is 11.6 Å². The highest BCUT2D eigenvalue weighted by molar-refractivity contribution is 6.28. The average molecular weight is 384 g/mol. The third-order valence-corrected chi connectivity index (χ3v) is 4.18. The predicted molar refractivity (Wildman–Crippen MR) is 94.2 cm³/mol. The Morgan fingerprint density at radius 3 is 2.31 bits per heavy atom. The molecule has 1 aromatic carbocycles. The zero-order valence-electron chi connectivity index (χ0n) is 14.3. The highest BCUT2D eigenvalue weighted by Gasteiger charge is 2.30. The maximum absolute atomic E-state index is 12.7. The number of alkyl halides is 3. The molecule has 26 heavy (non-hydrogen) atoms. The Morgan fingerprint density at radius 2 is 1.73 bits per heavy atom. The van der Waals surface area contributed by atoms with Gasteiger partial charge in [0, 0.05) is 12.1 Å². The number of halogens is 4.